The van der Waals surface area contributed by atoms with Crippen LogP contribution in [0.4, 0.5) is 16.2 Å². The molecule has 0 bridgehead atoms. The zero-order chi connectivity index (χ0) is 28.2. The number of anilines is 2. The van der Waals surface area contributed by atoms with Gasteiger partial charge in [-0.25, -0.2) is 4.79 Å². The van der Waals surface area contributed by atoms with Gasteiger partial charge in [0, 0.05) is 54.0 Å². The number of aliphatic hydroxyl groups excluding tert-OH is 1. The fourth-order valence-corrected chi connectivity index (χ4v) is 4.53. The van der Waals surface area contributed by atoms with Crippen molar-refractivity contribution in [2.75, 3.05) is 42.9 Å². The average Bonchev–Trinajstić information content (AvgIpc) is 2.92. The van der Waals surface area contributed by atoms with Crippen LogP contribution in [-0.2, 0) is 11.2 Å². The maximum Gasteiger partial charge on any atom is 0.317 e. The SMILES string of the molecule is C=C(Cl)/C=C(\C=C(\Cl)CNC(=O)N1CCN(c2ccc(NC(=O)CCCc3ccccc3)cc2)CC1)C(C)O. The standard InChI is InChI=1S/C30H36Cl2N4O3/c1-22(31)19-25(23(2)37)20-26(32)21-33-30(39)36-17-15-35(16-18-36)28-13-11-27(12-14-28)34-29(38)10-6-9-24-7-4-3-5-8-24/h3-5,7-8,11-14,19-20,23,37H,1,6,9-10,15-18,21H2,2H3,(H,33,39)(H,34,38)/b25-19+,26-20+. The van der Waals surface area contributed by atoms with E-state index in [0.717, 1.165) is 24.2 Å². The highest BCUT2D eigenvalue weighted by atomic mass is 35.5. The van der Waals surface area contributed by atoms with Crippen LogP contribution in [0.3, 0.4) is 0 Å². The molecule has 1 heterocycles. The van der Waals surface area contributed by atoms with Crippen molar-refractivity contribution >= 4 is 46.5 Å². The van der Waals surface area contributed by atoms with Crippen LogP contribution in [0.2, 0.25) is 0 Å². The Bertz CT molecular complexity index is 1170. The lowest BCUT2D eigenvalue weighted by Crippen LogP contribution is -2.52. The summed E-state index contributed by atoms with van der Waals surface area (Å²) in [4.78, 5) is 28.9. The fourth-order valence-electron chi connectivity index (χ4n) is 4.21. The number of aliphatic hydroxyl groups is 1. The topological polar surface area (TPSA) is 84.9 Å². The molecule has 0 radical (unpaired) electrons. The summed E-state index contributed by atoms with van der Waals surface area (Å²) >= 11 is 12.0. The van der Waals surface area contributed by atoms with Gasteiger partial charge in [0.15, 0.2) is 0 Å². The van der Waals surface area contributed by atoms with Crippen molar-refractivity contribution < 1.29 is 14.7 Å². The maximum absolute atomic E-state index is 12.6. The summed E-state index contributed by atoms with van der Waals surface area (Å²) in [7, 11) is 0. The Morgan fingerprint density at radius 2 is 1.69 bits per heavy atom. The van der Waals surface area contributed by atoms with Crippen molar-refractivity contribution in [3.05, 3.63) is 94.5 Å². The molecular formula is C30H36Cl2N4O3. The second-order valence-electron chi connectivity index (χ2n) is 9.43. The molecular weight excluding hydrogens is 535 g/mol. The molecule has 0 saturated carbocycles. The third-order valence-electron chi connectivity index (χ3n) is 6.33. The molecule has 39 heavy (non-hydrogen) atoms. The Balaban J connectivity index is 1.40. The molecule has 0 aromatic heterocycles. The number of allylic oxidation sites excluding steroid dienone is 2. The van der Waals surface area contributed by atoms with E-state index in [2.05, 4.69) is 34.2 Å². The summed E-state index contributed by atoms with van der Waals surface area (Å²) in [5.41, 5.74) is 3.56. The number of amides is 3. The fraction of sp³-hybridized carbons (Fsp3) is 0.333. The number of nitrogens with one attached hydrogen (secondary N) is 2. The van der Waals surface area contributed by atoms with Crippen LogP contribution in [0.5, 0.6) is 0 Å². The highest BCUT2D eigenvalue weighted by Gasteiger charge is 2.21. The van der Waals surface area contributed by atoms with E-state index in [1.807, 2.05) is 42.5 Å². The molecule has 3 amide bonds. The zero-order valence-electron chi connectivity index (χ0n) is 22.2. The Hall–Kier alpha value is -3.26. The molecule has 7 nitrogen and oxygen atoms in total. The highest BCUT2D eigenvalue weighted by Crippen LogP contribution is 2.20. The summed E-state index contributed by atoms with van der Waals surface area (Å²) in [6.45, 7) is 7.84. The van der Waals surface area contributed by atoms with Gasteiger partial charge in [0.2, 0.25) is 5.91 Å². The number of nitrogens with zero attached hydrogens (tertiary/aromatic N) is 2. The largest absolute Gasteiger partial charge is 0.389 e. The van der Waals surface area contributed by atoms with E-state index < -0.39 is 6.10 Å². The van der Waals surface area contributed by atoms with Crippen LogP contribution in [0.1, 0.15) is 25.3 Å². The van der Waals surface area contributed by atoms with Crippen molar-refractivity contribution in [3.63, 3.8) is 0 Å². The maximum atomic E-state index is 12.6. The summed E-state index contributed by atoms with van der Waals surface area (Å²) < 4.78 is 0. The summed E-state index contributed by atoms with van der Waals surface area (Å²) in [5, 5.41) is 16.3. The molecule has 0 spiro atoms. The first kappa shape index (κ1) is 30.3. The predicted octanol–water partition coefficient (Wildman–Crippen LogP) is 5.66. The minimum Gasteiger partial charge on any atom is -0.389 e. The smallest absolute Gasteiger partial charge is 0.317 e. The molecule has 1 aliphatic heterocycles. The molecule has 2 aromatic rings. The molecule has 3 N–H and O–H groups in total. The van der Waals surface area contributed by atoms with Gasteiger partial charge in [-0.05, 0) is 67.3 Å². The van der Waals surface area contributed by atoms with Crippen LogP contribution >= 0.6 is 23.2 Å². The second-order valence-corrected chi connectivity index (χ2v) is 10.4. The van der Waals surface area contributed by atoms with E-state index in [1.54, 1.807) is 17.9 Å². The van der Waals surface area contributed by atoms with Gasteiger partial charge in [-0.2, -0.15) is 0 Å². The lowest BCUT2D eigenvalue weighted by molar-refractivity contribution is -0.116. The van der Waals surface area contributed by atoms with E-state index in [4.69, 9.17) is 23.2 Å². The van der Waals surface area contributed by atoms with E-state index in [9.17, 15) is 14.7 Å². The molecule has 208 valence electrons. The number of urea groups is 1. The van der Waals surface area contributed by atoms with Gasteiger partial charge < -0.3 is 25.5 Å². The van der Waals surface area contributed by atoms with Gasteiger partial charge in [0.1, 0.15) is 0 Å². The molecule has 1 fully saturated rings. The van der Waals surface area contributed by atoms with Crippen LogP contribution in [0.25, 0.3) is 0 Å². The predicted molar refractivity (Wildman–Crippen MR) is 160 cm³/mol. The van der Waals surface area contributed by atoms with Crippen molar-refractivity contribution in [1.82, 2.24) is 10.2 Å². The number of benzene rings is 2. The normalized spacial score (nSPS) is 15.1. The summed E-state index contributed by atoms with van der Waals surface area (Å²) in [6, 6.07) is 17.8. The second kappa shape index (κ2) is 15.4. The number of halogens is 2. The number of rotatable bonds is 11. The van der Waals surface area contributed by atoms with Crippen LogP contribution in [0, 0.1) is 0 Å². The lowest BCUT2D eigenvalue weighted by atomic mass is 10.1. The summed E-state index contributed by atoms with van der Waals surface area (Å²) in [5.74, 6) is 0.0101. The third-order valence-corrected chi connectivity index (χ3v) is 6.68. The van der Waals surface area contributed by atoms with Gasteiger partial charge in [0.25, 0.3) is 0 Å². The number of hydrogen-bond donors (Lipinski definition) is 3. The first-order valence-corrected chi connectivity index (χ1v) is 13.8. The number of carbonyl (C=O) groups excluding carboxylic acids is 2. The number of piperazine rings is 1. The van der Waals surface area contributed by atoms with Crippen LogP contribution in [-0.4, -0.2) is 60.8 Å². The number of hydrogen-bond acceptors (Lipinski definition) is 4. The Morgan fingerprint density at radius 1 is 1.03 bits per heavy atom. The molecule has 1 unspecified atom stereocenters. The van der Waals surface area contributed by atoms with Gasteiger partial charge in [-0.15, -0.1) is 0 Å². The first-order chi connectivity index (χ1) is 18.7. The molecule has 1 saturated heterocycles. The molecule has 9 heteroatoms. The summed E-state index contributed by atoms with van der Waals surface area (Å²) in [6.07, 6.45) is 4.50. The Labute approximate surface area is 240 Å². The minimum absolute atomic E-state index is 0.0101. The minimum atomic E-state index is -0.770. The molecule has 1 aliphatic rings. The van der Waals surface area contributed by atoms with E-state index in [0.29, 0.717) is 43.2 Å². The highest BCUT2D eigenvalue weighted by molar-refractivity contribution is 6.31. The zero-order valence-corrected chi connectivity index (χ0v) is 23.7. The van der Waals surface area contributed by atoms with Gasteiger partial charge in [0.05, 0.1) is 12.6 Å². The van der Waals surface area contributed by atoms with Crippen molar-refractivity contribution in [1.29, 1.82) is 0 Å². The Kier molecular flexibility index (Phi) is 11.9. The van der Waals surface area contributed by atoms with E-state index >= 15 is 0 Å². The van der Waals surface area contributed by atoms with Crippen molar-refractivity contribution in [2.24, 2.45) is 0 Å². The first-order valence-electron chi connectivity index (χ1n) is 13.0. The molecule has 3 rings (SSSR count). The lowest BCUT2D eigenvalue weighted by Gasteiger charge is -2.36. The van der Waals surface area contributed by atoms with Gasteiger partial charge in [-0.3, -0.25) is 4.79 Å². The van der Waals surface area contributed by atoms with Gasteiger partial charge >= 0.3 is 6.03 Å². The van der Waals surface area contributed by atoms with Gasteiger partial charge in [-0.1, -0.05) is 60.1 Å². The molecule has 0 aliphatic carbocycles. The number of aryl methyl sites for hydroxylation is 1. The Morgan fingerprint density at radius 3 is 2.31 bits per heavy atom. The van der Waals surface area contributed by atoms with E-state index in [-0.39, 0.29) is 23.5 Å². The van der Waals surface area contributed by atoms with Crippen LogP contribution in [0.15, 0.2) is 89.0 Å². The van der Waals surface area contributed by atoms with Crippen LogP contribution < -0.4 is 15.5 Å². The van der Waals surface area contributed by atoms with E-state index in [1.165, 1.54) is 11.6 Å². The van der Waals surface area contributed by atoms with Crippen molar-refractivity contribution in [2.45, 2.75) is 32.3 Å². The molecule has 2 aromatic carbocycles. The number of carbonyl (C=O) groups is 2. The molecule has 1 atom stereocenters. The van der Waals surface area contributed by atoms with Crippen molar-refractivity contribution in [3.8, 4) is 0 Å². The monoisotopic (exact) mass is 570 g/mol. The average molecular weight is 572 g/mol. The third kappa shape index (κ3) is 10.4. The quantitative estimate of drug-likeness (QED) is 0.304.